The molecule has 2 N–H and O–H groups in total. The number of aromatic nitrogens is 1. The molecule has 0 spiro atoms. The molecule has 2 amide bonds. The lowest BCUT2D eigenvalue weighted by Gasteiger charge is -2.25. The normalized spacial score (nSPS) is 17.2. The van der Waals surface area contributed by atoms with E-state index >= 15 is 0 Å². The molecule has 3 aromatic rings. The number of carbonyl (C=O) groups is 3. The van der Waals surface area contributed by atoms with Gasteiger partial charge in [-0.15, -0.1) is 0 Å². The topological polar surface area (TPSA) is 109 Å². The van der Waals surface area contributed by atoms with Gasteiger partial charge in [0.15, 0.2) is 0 Å². The number of nitrogens with zero attached hydrogens (tertiary/aromatic N) is 2. The number of pyridine rings is 1. The fourth-order valence-corrected chi connectivity index (χ4v) is 3.79. The SMILES string of the molecule is COc1ccc(/C(O)=C2\C(=O)C(=O)N(c3cccc(NC(C)=O)c3)C2c2cccnc2)cc1. The Hall–Kier alpha value is -4.46. The van der Waals surface area contributed by atoms with Crippen molar-refractivity contribution in [3.63, 3.8) is 0 Å². The first-order valence-corrected chi connectivity index (χ1v) is 10.1. The summed E-state index contributed by atoms with van der Waals surface area (Å²) in [7, 11) is 1.53. The molecule has 2 heterocycles. The number of Topliss-reactive ketones (excluding diaryl/α,β-unsaturated/α-hetero) is 1. The zero-order valence-electron chi connectivity index (χ0n) is 18.0. The maximum Gasteiger partial charge on any atom is 0.300 e. The largest absolute Gasteiger partial charge is 0.507 e. The maximum absolute atomic E-state index is 13.2. The van der Waals surface area contributed by atoms with E-state index < -0.39 is 17.7 Å². The number of carbonyl (C=O) groups excluding carboxylic acids is 3. The Kier molecular flexibility index (Phi) is 5.91. The molecule has 1 aliphatic heterocycles. The molecule has 1 aliphatic rings. The quantitative estimate of drug-likeness (QED) is 0.354. The van der Waals surface area contributed by atoms with Crippen molar-refractivity contribution in [3.05, 3.63) is 89.8 Å². The molecule has 1 aromatic heterocycles. The van der Waals surface area contributed by atoms with Crippen LogP contribution in [0.5, 0.6) is 5.75 Å². The van der Waals surface area contributed by atoms with E-state index in [9.17, 15) is 19.5 Å². The molecule has 2 aromatic carbocycles. The number of nitrogens with one attached hydrogen (secondary N) is 1. The molecule has 0 bridgehead atoms. The molecule has 8 heteroatoms. The lowest BCUT2D eigenvalue weighted by atomic mass is 9.96. The number of ether oxygens (including phenoxy) is 1. The van der Waals surface area contributed by atoms with Crippen molar-refractivity contribution in [3.8, 4) is 5.75 Å². The molecule has 1 fully saturated rings. The molecule has 33 heavy (non-hydrogen) atoms. The Bertz CT molecular complexity index is 1250. The molecule has 166 valence electrons. The predicted molar refractivity (Wildman–Crippen MR) is 123 cm³/mol. The molecule has 1 atom stereocenters. The molecule has 0 aliphatic carbocycles. The number of amides is 2. The lowest BCUT2D eigenvalue weighted by molar-refractivity contribution is -0.132. The van der Waals surface area contributed by atoms with Crippen LogP contribution >= 0.6 is 0 Å². The summed E-state index contributed by atoms with van der Waals surface area (Å²) in [6, 6.07) is 15.7. The average molecular weight is 443 g/mol. The van der Waals surface area contributed by atoms with E-state index in [1.807, 2.05) is 0 Å². The van der Waals surface area contributed by atoms with Crippen LogP contribution in [0.3, 0.4) is 0 Å². The molecule has 1 unspecified atom stereocenters. The van der Waals surface area contributed by atoms with E-state index in [0.717, 1.165) is 0 Å². The van der Waals surface area contributed by atoms with E-state index in [-0.39, 0.29) is 17.2 Å². The Balaban J connectivity index is 1.88. The van der Waals surface area contributed by atoms with Gasteiger partial charge >= 0.3 is 0 Å². The highest BCUT2D eigenvalue weighted by Gasteiger charge is 2.47. The Morgan fingerprint density at radius 1 is 1.09 bits per heavy atom. The number of aliphatic hydroxyl groups excluding tert-OH is 1. The van der Waals surface area contributed by atoms with E-state index in [1.165, 1.54) is 18.9 Å². The lowest BCUT2D eigenvalue weighted by Crippen LogP contribution is -2.29. The smallest absolute Gasteiger partial charge is 0.300 e. The van der Waals surface area contributed by atoms with Crippen molar-refractivity contribution in [2.75, 3.05) is 17.3 Å². The van der Waals surface area contributed by atoms with Gasteiger partial charge < -0.3 is 15.2 Å². The molecule has 0 radical (unpaired) electrons. The first-order chi connectivity index (χ1) is 15.9. The summed E-state index contributed by atoms with van der Waals surface area (Å²) in [4.78, 5) is 43.2. The van der Waals surface area contributed by atoms with Crippen LogP contribution in [-0.4, -0.2) is 34.8 Å². The number of methoxy groups -OCH3 is 1. The van der Waals surface area contributed by atoms with Gasteiger partial charge in [-0.3, -0.25) is 24.3 Å². The zero-order chi connectivity index (χ0) is 23.5. The summed E-state index contributed by atoms with van der Waals surface area (Å²) < 4.78 is 5.15. The van der Waals surface area contributed by atoms with Gasteiger partial charge in [0.25, 0.3) is 11.7 Å². The predicted octanol–water partition coefficient (Wildman–Crippen LogP) is 3.67. The zero-order valence-corrected chi connectivity index (χ0v) is 18.0. The van der Waals surface area contributed by atoms with Gasteiger partial charge in [0.1, 0.15) is 11.5 Å². The number of ketones is 1. The van der Waals surface area contributed by atoms with Crippen LogP contribution in [0.4, 0.5) is 11.4 Å². The van der Waals surface area contributed by atoms with Crippen molar-refractivity contribution < 1.29 is 24.2 Å². The summed E-state index contributed by atoms with van der Waals surface area (Å²) >= 11 is 0. The van der Waals surface area contributed by atoms with Crippen LogP contribution in [0.2, 0.25) is 0 Å². The van der Waals surface area contributed by atoms with E-state index in [4.69, 9.17) is 4.74 Å². The molecule has 8 nitrogen and oxygen atoms in total. The average Bonchev–Trinajstić information content (AvgIpc) is 3.09. The monoisotopic (exact) mass is 443 g/mol. The van der Waals surface area contributed by atoms with Crippen LogP contribution in [0.25, 0.3) is 5.76 Å². The molecule has 0 saturated carbocycles. The highest BCUT2D eigenvalue weighted by atomic mass is 16.5. The van der Waals surface area contributed by atoms with Crippen LogP contribution in [0, 0.1) is 0 Å². The Labute approximate surface area is 190 Å². The van der Waals surface area contributed by atoms with Gasteiger partial charge in [-0.25, -0.2) is 0 Å². The van der Waals surface area contributed by atoms with Crippen molar-refractivity contribution >= 4 is 34.7 Å². The highest BCUT2D eigenvalue weighted by molar-refractivity contribution is 6.51. The third-order valence-corrected chi connectivity index (χ3v) is 5.25. The second-order valence-corrected chi connectivity index (χ2v) is 7.42. The summed E-state index contributed by atoms with van der Waals surface area (Å²) in [5.74, 6) is -1.59. The van der Waals surface area contributed by atoms with Crippen LogP contribution in [0.15, 0.2) is 78.6 Å². The fourth-order valence-electron chi connectivity index (χ4n) is 3.79. The first-order valence-electron chi connectivity index (χ1n) is 10.1. The van der Waals surface area contributed by atoms with Crippen LogP contribution < -0.4 is 15.0 Å². The van der Waals surface area contributed by atoms with Crippen molar-refractivity contribution in [1.82, 2.24) is 4.98 Å². The van der Waals surface area contributed by atoms with E-state index in [1.54, 1.807) is 73.1 Å². The van der Waals surface area contributed by atoms with Crippen molar-refractivity contribution in [2.45, 2.75) is 13.0 Å². The minimum atomic E-state index is -0.909. The van der Waals surface area contributed by atoms with Gasteiger partial charge in [0, 0.05) is 36.3 Å². The minimum absolute atomic E-state index is 0.0527. The summed E-state index contributed by atoms with van der Waals surface area (Å²) in [6.07, 6.45) is 3.12. The van der Waals surface area contributed by atoms with Gasteiger partial charge in [-0.1, -0.05) is 12.1 Å². The number of aliphatic hydroxyl groups is 1. The summed E-state index contributed by atoms with van der Waals surface area (Å²) in [5.41, 5.74) is 1.74. The molecule has 1 saturated heterocycles. The van der Waals surface area contributed by atoms with Crippen LogP contribution in [-0.2, 0) is 14.4 Å². The first kappa shape index (κ1) is 21.8. The molecular formula is C25H21N3O5. The van der Waals surface area contributed by atoms with Crippen molar-refractivity contribution in [2.24, 2.45) is 0 Å². The summed E-state index contributed by atoms with van der Waals surface area (Å²) in [6.45, 7) is 1.38. The number of hydrogen-bond acceptors (Lipinski definition) is 6. The number of rotatable bonds is 5. The van der Waals surface area contributed by atoms with Gasteiger partial charge in [0.2, 0.25) is 5.91 Å². The third-order valence-electron chi connectivity index (χ3n) is 5.25. The highest BCUT2D eigenvalue weighted by Crippen LogP contribution is 2.42. The third kappa shape index (κ3) is 4.18. The Morgan fingerprint density at radius 2 is 1.85 bits per heavy atom. The van der Waals surface area contributed by atoms with Gasteiger partial charge in [0.05, 0.1) is 18.7 Å². The standard InChI is InChI=1S/C25H21N3O5/c1-15(29)27-18-6-3-7-19(13-18)28-22(17-5-4-12-26-14-17)21(24(31)25(28)32)23(30)16-8-10-20(33-2)11-9-16/h3-14,22,30H,1-2H3,(H,27,29)/b23-21+. The van der Waals surface area contributed by atoms with E-state index in [2.05, 4.69) is 10.3 Å². The fraction of sp³-hybridized carbons (Fsp3) is 0.120. The molecular weight excluding hydrogens is 422 g/mol. The van der Waals surface area contributed by atoms with E-state index in [0.29, 0.717) is 28.3 Å². The minimum Gasteiger partial charge on any atom is -0.507 e. The van der Waals surface area contributed by atoms with Crippen molar-refractivity contribution in [1.29, 1.82) is 0 Å². The van der Waals surface area contributed by atoms with Gasteiger partial charge in [-0.2, -0.15) is 0 Å². The van der Waals surface area contributed by atoms with Crippen LogP contribution in [0.1, 0.15) is 24.1 Å². The second-order valence-electron chi connectivity index (χ2n) is 7.42. The summed E-state index contributed by atoms with van der Waals surface area (Å²) in [5, 5.41) is 13.8. The second kappa shape index (κ2) is 8.96. The number of hydrogen-bond donors (Lipinski definition) is 2. The Morgan fingerprint density at radius 3 is 2.48 bits per heavy atom. The maximum atomic E-state index is 13.2. The number of anilines is 2. The molecule has 4 rings (SSSR count). The number of benzene rings is 2. The van der Waals surface area contributed by atoms with Gasteiger partial charge in [-0.05, 0) is 54.1 Å².